The van der Waals surface area contributed by atoms with E-state index in [0.717, 1.165) is 64.2 Å². The molecule has 0 saturated heterocycles. The minimum absolute atomic E-state index is 0.133. The van der Waals surface area contributed by atoms with Gasteiger partial charge in [-0.05, 0) is 89.9 Å². The molecule has 0 heterocycles. The van der Waals surface area contributed by atoms with Gasteiger partial charge in [-0.2, -0.15) is 0 Å². The first-order chi connectivity index (χ1) is 35.6. The van der Waals surface area contributed by atoms with Crippen molar-refractivity contribution in [3.63, 3.8) is 0 Å². The van der Waals surface area contributed by atoms with Crippen LogP contribution in [0.3, 0.4) is 0 Å². The summed E-state index contributed by atoms with van der Waals surface area (Å²) in [6.45, 7) is 4.55. The Labute approximate surface area is 448 Å². The van der Waals surface area contributed by atoms with Crippen LogP contribution in [-0.2, 0) is 33.3 Å². The molecule has 2 atom stereocenters. The van der Waals surface area contributed by atoms with Crippen molar-refractivity contribution in [2.24, 2.45) is 0 Å². The zero-order valence-corrected chi connectivity index (χ0v) is 47.5. The second-order valence-corrected chi connectivity index (χ2v) is 20.5. The molecular formula is C64H109NO8. The van der Waals surface area contributed by atoms with Gasteiger partial charge in [0.2, 0.25) is 0 Å². The SMILES string of the molecule is CC/C=C\C/C=C\C/C=C\C/C=C\C/C=C\CCCC(=O)OC(COC(=O)CCCCCCCCCCCCCCCCCC/C=C\C/C=C\C/C=C\CCCCCCC)COC(OCC[N+](C)(C)C)C(=O)[O-]. The Morgan fingerprint density at radius 2 is 0.795 bits per heavy atom. The van der Waals surface area contributed by atoms with Gasteiger partial charge in [0.15, 0.2) is 12.4 Å². The van der Waals surface area contributed by atoms with Crippen LogP contribution in [0.4, 0.5) is 0 Å². The van der Waals surface area contributed by atoms with Crippen molar-refractivity contribution >= 4 is 17.9 Å². The minimum Gasteiger partial charge on any atom is -0.545 e. The molecule has 0 radical (unpaired) electrons. The average Bonchev–Trinajstić information content (AvgIpc) is 3.36. The molecule has 0 N–H and O–H groups in total. The normalized spacial score (nSPS) is 13.5. The number of carbonyl (C=O) groups excluding carboxylic acids is 3. The van der Waals surface area contributed by atoms with E-state index < -0.39 is 24.3 Å². The van der Waals surface area contributed by atoms with Crippen LogP contribution in [-0.4, -0.2) is 82.3 Å². The first-order valence-corrected chi connectivity index (χ1v) is 29.4. The van der Waals surface area contributed by atoms with Crippen LogP contribution in [0.15, 0.2) is 97.2 Å². The number of likely N-dealkylation sites (N-methyl/N-ethyl adjacent to an activating group) is 1. The van der Waals surface area contributed by atoms with E-state index in [2.05, 4.69) is 105 Å². The van der Waals surface area contributed by atoms with E-state index in [4.69, 9.17) is 18.9 Å². The number of rotatable bonds is 53. The highest BCUT2D eigenvalue weighted by Crippen LogP contribution is 2.16. The molecule has 73 heavy (non-hydrogen) atoms. The van der Waals surface area contributed by atoms with Gasteiger partial charge in [0.1, 0.15) is 13.2 Å². The van der Waals surface area contributed by atoms with Gasteiger partial charge < -0.3 is 33.3 Å². The van der Waals surface area contributed by atoms with Crippen LogP contribution in [0.5, 0.6) is 0 Å². The molecule has 0 rings (SSSR count). The van der Waals surface area contributed by atoms with E-state index in [1.165, 1.54) is 128 Å². The molecule has 0 saturated carbocycles. The summed E-state index contributed by atoms with van der Waals surface area (Å²) in [5.41, 5.74) is 0. The lowest BCUT2D eigenvalue weighted by Gasteiger charge is -2.26. The van der Waals surface area contributed by atoms with Gasteiger partial charge in [-0.3, -0.25) is 9.59 Å². The van der Waals surface area contributed by atoms with Gasteiger partial charge in [-0.15, -0.1) is 0 Å². The Morgan fingerprint density at radius 1 is 0.425 bits per heavy atom. The van der Waals surface area contributed by atoms with Gasteiger partial charge in [0.05, 0.1) is 40.3 Å². The van der Waals surface area contributed by atoms with Crippen LogP contribution < -0.4 is 5.11 Å². The molecule has 9 heteroatoms. The number of carbonyl (C=O) groups is 3. The van der Waals surface area contributed by atoms with Gasteiger partial charge in [-0.1, -0.05) is 227 Å². The molecule has 0 fully saturated rings. The number of nitrogens with zero attached hydrogens (tertiary/aromatic N) is 1. The molecule has 0 aliphatic rings. The van der Waals surface area contributed by atoms with Crippen molar-refractivity contribution in [3.05, 3.63) is 97.2 Å². The Morgan fingerprint density at radius 3 is 1.21 bits per heavy atom. The van der Waals surface area contributed by atoms with Crippen LogP contribution in [0.2, 0.25) is 0 Å². The quantitative estimate of drug-likeness (QED) is 0.0195. The molecular weight excluding hydrogens is 911 g/mol. The number of quaternary nitrogens is 1. The van der Waals surface area contributed by atoms with Crippen molar-refractivity contribution in [3.8, 4) is 0 Å². The van der Waals surface area contributed by atoms with Crippen molar-refractivity contribution in [2.75, 3.05) is 47.5 Å². The Bertz CT molecular complexity index is 1520. The number of hydrogen-bond acceptors (Lipinski definition) is 8. The summed E-state index contributed by atoms with van der Waals surface area (Å²) in [6, 6.07) is 0. The predicted molar refractivity (Wildman–Crippen MR) is 306 cm³/mol. The fraction of sp³-hybridized carbons (Fsp3) is 0.703. The van der Waals surface area contributed by atoms with Gasteiger partial charge in [0.25, 0.3) is 0 Å². The van der Waals surface area contributed by atoms with E-state index in [-0.39, 0.29) is 38.6 Å². The van der Waals surface area contributed by atoms with Crippen LogP contribution in [0, 0.1) is 0 Å². The molecule has 0 aromatic heterocycles. The number of carboxylic acid groups (broad SMARTS) is 1. The standard InChI is InChI=1S/C64H109NO8/c1-6-8-10-12-14-16-18-20-22-24-25-26-27-28-29-30-31-32-33-34-35-36-37-39-40-42-44-46-48-50-52-54-61(66)71-58-60(59-72-64(63(68)69)70-57-56-65(3,4)5)73-62(67)55-53-51-49-47-45-43-41-38-23-21-19-17-15-13-11-9-7-2/h9,11,15,17-18,20-21,23-25,27-28,41,43,47,49,60,64H,6-8,10,12-14,16,19,22,26,29-40,42,44-46,48,50-59H2,1-5H3/b11-9-,17-15-,20-18-,23-21-,25-24-,28-27-,43-41-,49-47-. The molecule has 0 amide bonds. The number of allylic oxidation sites excluding steroid dienone is 16. The number of carboxylic acids is 1. The second-order valence-electron chi connectivity index (χ2n) is 20.5. The van der Waals surface area contributed by atoms with Gasteiger partial charge >= 0.3 is 11.9 Å². The van der Waals surface area contributed by atoms with E-state index in [1.807, 2.05) is 27.2 Å². The summed E-state index contributed by atoms with van der Waals surface area (Å²) in [5, 5.41) is 11.8. The van der Waals surface area contributed by atoms with E-state index in [0.29, 0.717) is 23.9 Å². The number of esters is 2. The monoisotopic (exact) mass is 1020 g/mol. The maximum absolute atomic E-state index is 12.8. The van der Waals surface area contributed by atoms with Gasteiger partial charge in [-0.25, -0.2) is 0 Å². The molecule has 9 nitrogen and oxygen atoms in total. The number of ether oxygens (including phenoxy) is 4. The van der Waals surface area contributed by atoms with Crippen molar-refractivity contribution in [1.82, 2.24) is 0 Å². The highest BCUT2D eigenvalue weighted by molar-refractivity contribution is 5.70. The topological polar surface area (TPSA) is 111 Å². The first-order valence-electron chi connectivity index (χ1n) is 29.4. The molecule has 0 aliphatic carbocycles. The molecule has 418 valence electrons. The summed E-state index contributed by atoms with van der Waals surface area (Å²) in [4.78, 5) is 37.2. The van der Waals surface area contributed by atoms with Crippen molar-refractivity contribution in [2.45, 2.75) is 245 Å². The fourth-order valence-electron chi connectivity index (χ4n) is 7.81. The summed E-state index contributed by atoms with van der Waals surface area (Å²) < 4.78 is 22.6. The Balaban J connectivity index is 4.20. The molecule has 0 bridgehead atoms. The number of hydrogen-bond donors (Lipinski definition) is 0. The Hall–Kier alpha value is -3.79. The third-order valence-corrected chi connectivity index (χ3v) is 12.3. The van der Waals surface area contributed by atoms with E-state index in [9.17, 15) is 19.5 Å². The second kappa shape index (κ2) is 54.5. The smallest absolute Gasteiger partial charge is 0.306 e. The third kappa shape index (κ3) is 55.8. The first kappa shape index (κ1) is 69.2. The maximum Gasteiger partial charge on any atom is 0.306 e. The summed E-state index contributed by atoms with van der Waals surface area (Å²) in [6.07, 6.45) is 70.5. The minimum atomic E-state index is -1.64. The lowest BCUT2D eigenvalue weighted by molar-refractivity contribution is -0.870. The maximum atomic E-state index is 12.8. The van der Waals surface area contributed by atoms with Crippen LogP contribution in [0.1, 0.15) is 232 Å². The average molecular weight is 1020 g/mol. The van der Waals surface area contributed by atoms with Gasteiger partial charge in [0, 0.05) is 12.8 Å². The largest absolute Gasteiger partial charge is 0.545 e. The predicted octanol–water partition coefficient (Wildman–Crippen LogP) is 16.0. The van der Waals surface area contributed by atoms with E-state index in [1.54, 1.807) is 0 Å². The number of aliphatic carboxylic acids is 1. The summed E-state index contributed by atoms with van der Waals surface area (Å²) >= 11 is 0. The Kier molecular flexibility index (Phi) is 51.6. The molecule has 0 aromatic rings. The lowest BCUT2D eigenvalue weighted by Crippen LogP contribution is -2.44. The van der Waals surface area contributed by atoms with Crippen LogP contribution >= 0.6 is 0 Å². The highest BCUT2D eigenvalue weighted by Gasteiger charge is 2.21. The van der Waals surface area contributed by atoms with Crippen LogP contribution in [0.25, 0.3) is 0 Å². The summed E-state index contributed by atoms with van der Waals surface area (Å²) in [7, 11) is 5.90. The zero-order chi connectivity index (χ0) is 53.4. The zero-order valence-electron chi connectivity index (χ0n) is 47.5. The summed E-state index contributed by atoms with van der Waals surface area (Å²) in [5.74, 6) is -2.37. The third-order valence-electron chi connectivity index (χ3n) is 12.3. The van der Waals surface area contributed by atoms with Crippen molar-refractivity contribution in [1.29, 1.82) is 0 Å². The van der Waals surface area contributed by atoms with Crippen molar-refractivity contribution < 1.29 is 42.9 Å². The lowest BCUT2D eigenvalue weighted by atomic mass is 10.0. The number of unbranched alkanes of at least 4 members (excludes halogenated alkanes) is 22. The molecule has 0 aliphatic heterocycles. The highest BCUT2D eigenvalue weighted by atomic mass is 16.7. The molecule has 0 spiro atoms. The van der Waals surface area contributed by atoms with E-state index >= 15 is 0 Å². The fourth-order valence-corrected chi connectivity index (χ4v) is 7.81. The molecule has 0 aromatic carbocycles. The molecule has 2 unspecified atom stereocenters.